The maximum Gasteiger partial charge on any atom is 0.418 e. The van der Waals surface area contributed by atoms with Crippen LogP contribution in [0.25, 0.3) is 5.69 Å². The van der Waals surface area contributed by atoms with Gasteiger partial charge in [0.05, 0.1) is 39.8 Å². The van der Waals surface area contributed by atoms with Gasteiger partial charge in [0.25, 0.3) is 5.91 Å². The number of benzene rings is 2. The first kappa shape index (κ1) is 28.2. The Hall–Kier alpha value is -4.36. The Morgan fingerprint density at radius 1 is 1.16 bits per heavy atom. The van der Waals surface area contributed by atoms with E-state index in [0.29, 0.717) is 17.1 Å². The molecule has 0 fully saturated rings. The topological polar surface area (TPSA) is 111 Å². The van der Waals surface area contributed by atoms with Crippen molar-refractivity contribution in [3.05, 3.63) is 100.0 Å². The summed E-state index contributed by atoms with van der Waals surface area (Å²) in [6.45, 7) is 5.54. The van der Waals surface area contributed by atoms with Crippen LogP contribution in [0.4, 0.5) is 18.9 Å². The molecule has 1 heterocycles. The molecular formula is C27H26ClF3N6O. The van der Waals surface area contributed by atoms with E-state index in [1.54, 1.807) is 13.0 Å². The Kier molecular flexibility index (Phi) is 8.76. The molecule has 0 saturated heterocycles. The van der Waals surface area contributed by atoms with Crippen molar-refractivity contribution >= 4 is 23.2 Å². The maximum atomic E-state index is 13.8. The third kappa shape index (κ3) is 7.57. The molecule has 0 aliphatic carbocycles. The molecule has 2 aromatic carbocycles. The second-order valence-corrected chi connectivity index (χ2v) is 9.00. The Bertz CT molecular complexity index is 1460. The van der Waals surface area contributed by atoms with E-state index in [-0.39, 0.29) is 33.7 Å². The maximum absolute atomic E-state index is 13.8. The molecule has 3 rings (SSSR count). The predicted molar refractivity (Wildman–Crippen MR) is 142 cm³/mol. The van der Waals surface area contributed by atoms with Crippen molar-refractivity contribution in [2.24, 2.45) is 11.5 Å². The molecule has 0 spiro atoms. The lowest BCUT2D eigenvalue weighted by molar-refractivity contribution is -0.137. The van der Waals surface area contributed by atoms with Crippen LogP contribution in [0.2, 0.25) is 5.02 Å². The highest BCUT2D eigenvalue weighted by atomic mass is 35.5. The number of nitrogens with two attached hydrogens (primary N) is 2. The molecule has 11 heteroatoms. The van der Waals surface area contributed by atoms with E-state index in [0.717, 1.165) is 6.07 Å². The molecular weight excluding hydrogens is 517 g/mol. The summed E-state index contributed by atoms with van der Waals surface area (Å²) in [5, 5.41) is 5.77. The molecule has 6 N–H and O–H groups in total. The van der Waals surface area contributed by atoms with Crippen molar-refractivity contribution in [1.82, 2.24) is 14.9 Å². The van der Waals surface area contributed by atoms with Crippen LogP contribution in [0, 0.1) is 18.8 Å². The smallest absolute Gasteiger partial charge is 0.392 e. The lowest BCUT2D eigenvalue weighted by Gasteiger charge is -2.15. The van der Waals surface area contributed by atoms with Gasteiger partial charge in [0.15, 0.2) is 0 Å². The second-order valence-electron chi connectivity index (χ2n) is 8.59. The van der Waals surface area contributed by atoms with Crippen LogP contribution in [0.5, 0.6) is 0 Å². The number of carbonyl (C=O) groups excluding carboxylic acids is 1. The molecule has 7 nitrogen and oxygen atoms in total. The van der Waals surface area contributed by atoms with Gasteiger partial charge in [0.2, 0.25) is 0 Å². The Morgan fingerprint density at radius 3 is 2.53 bits per heavy atom. The molecule has 38 heavy (non-hydrogen) atoms. The fourth-order valence-corrected chi connectivity index (χ4v) is 3.49. The van der Waals surface area contributed by atoms with Crippen molar-refractivity contribution in [1.29, 1.82) is 0 Å². The fourth-order valence-electron chi connectivity index (χ4n) is 3.33. The lowest BCUT2D eigenvalue weighted by atomic mass is 10.1. The van der Waals surface area contributed by atoms with Gasteiger partial charge in [-0.05, 0) is 75.2 Å². The van der Waals surface area contributed by atoms with Gasteiger partial charge in [0, 0.05) is 29.1 Å². The van der Waals surface area contributed by atoms with E-state index < -0.39 is 17.6 Å². The summed E-state index contributed by atoms with van der Waals surface area (Å²) in [6.07, 6.45) is 1.22. The van der Waals surface area contributed by atoms with Crippen LogP contribution in [0.15, 0.2) is 72.6 Å². The number of anilines is 1. The summed E-state index contributed by atoms with van der Waals surface area (Å²) in [6, 6.07) is 8.01. The van der Waals surface area contributed by atoms with Crippen LogP contribution < -0.4 is 22.1 Å². The van der Waals surface area contributed by atoms with Crippen LogP contribution >= 0.6 is 11.6 Å². The monoisotopic (exact) mass is 542 g/mol. The zero-order valence-electron chi connectivity index (χ0n) is 20.8. The SMILES string of the molecule is Cc1cn(-c2ccc(NC(=O)c3ccc(Cl)c(C#C/C(N)=C/C=C(\N)NC(C)C)c3)cc2C(F)(F)F)cn1. The number of amides is 1. The first-order valence-corrected chi connectivity index (χ1v) is 11.8. The number of carbonyl (C=O) groups is 1. The van der Waals surface area contributed by atoms with E-state index in [9.17, 15) is 18.0 Å². The van der Waals surface area contributed by atoms with E-state index >= 15 is 0 Å². The number of aromatic nitrogens is 2. The van der Waals surface area contributed by atoms with Gasteiger partial charge in [-0.25, -0.2) is 4.98 Å². The molecule has 0 bridgehead atoms. The average molecular weight is 543 g/mol. The molecule has 0 atom stereocenters. The molecule has 0 unspecified atom stereocenters. The van der Waals surface area contributed by atoms with Crippen LogP contribution in [-0.2, 0) is 6.18 Å². The van der Waals surface area contributed by atoms with Gasteiger partial charge in [-0.3, -0.25) is 4.79 Å². The zero-order chi connectivity index (χ0) is 28.0. The summed E-state index contributed by atoms with van der Waals surface area (Å²) >= 11 is 6.21. The van der Waals surface area contributed by atoms with Crippen molar-refractivity contribution < 1.29 is 18.0 Å². The van der Waals surface area contributed by atoms with E-state index in [1.807, 2.05) is 13.8 Å². The fraction of sp³-hybridized carbons (Fsp3) is 0.185. The Morgan fingerprint density at radius 2 is 1.89 bits per heavy atom. The molecule has 1 aromatic heterocycles. The molecule has 0 aliphatic rings. The normalized spacial score (nSPS) is 12.2. The van der Waals surface area contributed by atoms with Crippen LogP contribution in [-0.4, -0.2) is 21.5 Å². The summed E-state index contributed by atoms with van der Waals surface area (Å²) in [5.41, 5.74) is 11.9. The zero-order valence-corrected chi connectivity index (χ0v) is 21.6. The van der Waals surface area contributed by atoms with Crippen molar-refractivity contribution in [3.63, 3.8) is 0 Å². The number of nitrogens with zero attached hydrogens (tertiary/aromatic N) is 2. The average Bonchev–Trinajstić information content (AvgIpc) is 3.27. The summed E-state index contributed by atoms with van der Waals surface area (Å²) < 4.78 is 42.6. The van der Waals surface area contributed by atoms with Crippen molar-refractivity contribution in [2.75, 3.05) is 5.32 Å². The third-order valence-corrected chi connectivity index (χ3v) is 5.35. The highest BCUT2D eigenvalue weighted by Gasteiger charge is 2.34. The lowest BCUT2D eigenvalue weighted by Crippen LogP contribution is -2.26. The molecule has 1 amide bonds. The number of nitrogens with one attached hydrogen (secondary N) is 2. The Balaban J connectivity index is 1.83. The van der Waals surface area contributed by atoms with Crippen LogP contribution in [0.3, 0.4) is 0 Å². The first-order chi connectivity index (χ1) is 17.8. The molecule has 0 saturated carbocycles. The third-order valence-electron chi connectivity index (χ3n) is 5.02. The van der Waals surface area contributed by atoms with Crippen molar-refractivity contribution in [2.45, 2.75) is 33.0 Å². The number of aryl methyl sites for hydroxylation is 1. The quantitative estimate of drug-likeness (QED) is 0.256. The highest BCUT2D eigenvalue weighted by Crippen LogP contribution is 2.36. The number of hydrogen-bond acceptors (Lipinski definition) is 5. The minimum atomic E-state index is -4.66. The van der Waals surface area contributed by atoms with Gasteiger partial charge < -0.3 is 26.7 Å². The molecule has 0 aliphatic heterocycles. The van der Waals surface area contributed by atoms with Gasteiger partial charge in [-0.1, -0.05) is 17.5 Å². The number of hydrogen-bond donors (Lipinski definition) is 4. The summed E-state index contributed by atoms with van der Waals surface area (Å²) in [5.74, 6) is 5.30. The molecule has 3 aromatic rings. The van der Waals surface area contributed by atoms with E-state index in [1.165, 1.54) is 53.5 Å². The first-order valence-electron chi connectivity index (χ1n) is 11.4. The number of alkyl halides is 3. The molecule has 0 radical (unpaired) electrons. The summed E-state index contributed by atoms with van der Waals surface area (Å²) in [4.78, 5) is 16.8. The minimum Gasteiger partial charge on any atom is -0.392 e. The number of rotatable bonds is 6. The van der Waals surface area contributed by atoms with Crippen LogP contribution in [0.1, 0.15) is 41.0 Å². The largest absolute Gasteiger partial charge is 0.418 e. The van der Waals surface area contributed by atoms with E-state index in [4.69, 9.17) is 23.1 Å². The predicted octanol–water partition coefficient (Wildman–Crippen LogP) is 5.10. The number of allylic oxidation sites excluding steroid dienone is 3. The Labute approximate surface area is 223 Å². The standard InChI is InChI=1S/C27H26ClF3N6O/c1-16(2)35-25(33)11-7-20(32)6-4-18-12-19(5-9-23(18)28)26(38)36-21-8-10-24(22(13-21)27(29,30)31)37-14-17(3)34-15-37/h5,7-16,35H,32-33H2,1-3H3,(H,36,38)/b20-7-,25-11+. The van der Waals surface area contributed by atoms with Gasteiger partial charge in [0.1, 0.15) is 0 Å². The van der Waals surface area contributed by atoms with E-state index in [2.05, 4.69) is 27.5 Å². The minimum absolute atomic E-state index is 0.0305. The second kappa shape index (κ2) is 11.8. The molecule has 198 valence electrons. The van der Waals surface area contributed by atoms with Crippen molar-refractivity contribution in [3.8, 4) is 17.5 Å². The number of imidazole rings is 1. The number of halogens is 4. The van der Waals surface area contributed by atoms with Gasteiger partial charge in [-0.2, -0.15) is 13.2 Å². The highest BCUT2D eigenvalue weighted by molar-refractivity contribution is 6.32. The van der Waals surface area contributed by atoms with Gasteiger partial charge in [-0.15, -0.1) is 0 Å². The summed E-state index contributed by atoms with van der Waals surface area (Å²) in [7, 11) is 0. The van der Waals surface area contributed by atoms with Gasteiger partial charge >= 0.3 is 6.18 Å².